The smallest absolute Gasteiger partial charge is 0.174 e. The van der Waals surface area contributed by atoms with Crippen LogP contribution in [0.15, 0.2) is 4.34 Å². The van der Waals surface area contributed by atoms with E-state index in [0.717, 1.165) is 9.35 Å². The first-order valence-electron chi connectivity index (χ1n) is 3.39. The van der Waals surface area contributed by atoms with Crippen LogP contribution in [0, 0.1) is 6.92 Å². The van der Waals surface area contributed by atoms with E-state index in [1.54, 1.807) is 23.1 Å². The fourth-order valence-electron chi connectivity index (χ4n) is 0.546. The summed E-state index contributed by atoms with van der Waals surface area (Å²) in [4.78, 5) is 0. The third-order valence-corrected chi connectivity index (χ3v) is 3.19. The lowest BCUT2D eigenvalue weighted by atomic mass is 10.5. The lowest BCUT2D eigenvalue weighted by Gasteiger charge is -2.02. The minimum absolute atomic E-state index is 0.433. The fraction of sp³-hybridized carbons (Fsp3) is 0.667. The van der Waals surface area contributed by atoms with E-state index in [0.29, 0.717) is 11.8 Å². The van der Waals surface area contributed by atoms with E-state index in [4.69, 9.17) is 5.73 Å². The summed E-state index contributed by atoms with van der Waals surface area (Å²) in [5, 5.41) is 9.33. The highest BCUT2D eigenvalue weighted by Crippen LogP contribution is 2.25. The summed E-state index contributed by atoms with van der Waals surface area (Å²) in [6, 6.07) is 0. The summed E-state index contributed by atoms with van der Waals surface area (Å²) in [6.07, 6.45) is 0. The zero-order chi connectivity index (χ0) is 8.27. The van der Waals surface area contributed by atoms with Crippen LogP contribution in [0.2, 0.25) is 0 Å². The second-order valence-corrected chi connectivity index (χ2v) is 5.12. The SMILES string of the molecule is Cc1nnc(S[C@@H](C)CN)s1. The third-order valence-electron chi connectivity index (χ3n) is 1.14. The topological polar surface area (TPSA) is 51.8 Å². The summed E-state index contributed by atoms with van der Waals surface area (Å²) in [7, 11) is 0. The molecule has 0 aromatic carbocycles. The number of nitrogens with two attached hydrogens (primary N) is 1. The van der Waals surface area contributed by atoms with Crippen molar-refractivity contribution in [3.63, 3.8) is 0 Å². The van der Waals surface area contributed by atoms with Crippen molar-refractivity contribution in [3.8, 4) is 0 Å². The van der Waals surface area contributed by atoms with E-state index in [2.05, 4.69) is 17.1 Å². The maximum absolute atomic E-state index is 5.46. The molecule has 1 aromatic rings. The van der Waals surface area contributed by atoms with Crippen LogP contribution in [-0.2, 0) is 0 Å². The Balaban J connectivity index is 2.50. The van der Waals surface area contributed by atoms with Crippen molar-refractivity contribution in [1.29, 1.82) is 0 Å². The van der Waals surface area contributed by atoms with Gasteiger partial charge in [-0.15, -0.1) is 10.2 Å². The van der Waals surface area contributed by atoms with Crippen molar-refractivity contribution in [2.45, 2.75) is 23.4 Å². The molecule has 1 atom stereocenters. The van der Waals surface area contributed by atoms with E-state index in [1.165, 1.54) is 0 Å². The fourth-order valence-corrected chi connectivity index (χ4v) is 2.54. The first-order valence-corrected chi connectivity index (χ1v) is 5.09. The summed E-state index contributed by atoms with van der Waals surface area (Å²) >= 11 is 3.30. The summed E-state index contributed by atoms with van der Waals surface area (Å²) in [5.41, 5.74) is 5.46. The van der Waals surface area contributed by atoms with E-state index in [-0.39, 0.29) is 0 Å². The second-order valence-electron chi connectivity index (χ2n) is 2.25. The zero-order valence-corrected chi connectivity index (χ0v) is 8.21. The molecule has 0 spiro atoms. The molecule has 0 amide bonds. The van der Waals surface area contributed by atoms with Crippen LogP contribution in [0.1, 0.15) is 11.9 Å². The van der Waals surface area contributed by atoms with E-state index in [9.17, 15) is 0 Å². The van der Waals surface area contributed by atoms with Gasteiger partial charge in [0.2, 0.25) is 0 Å². The Labute approximate surface area is 74.4 Å². The number of rotatable bonds is 3. The molecule has 1 heterocycles. The van der Waals surface area contributed by atoms with Crippen LogP contribution in [0.3, 0.4) is 0 Å². The van der Waals surface area contributed by atoms with Gasteiger partial charge in [0.05, 0.1) is 0 Å². The Morgan fingerprint density at radius 1 is 1.64 bits per heavy atom. The predicted molar refractivity (Wildman–Crippen MR) is 49.0 cm³/mol. The predicted octanol–water partition coefficient (Wildman–Crippen LogP) is 1.29. The van der Waals surface area contributed by atoms with Gasteiger partial charge in [0.15, 0.2) is 4.34 Å². The molecule has 0 saturated heterocycles. The van der Waals surface area contributed by atoms with E-state index >= 15 is 0 Å². The highest BCUT2D eigenvalue weighted by Gasteiger charge is 2.05. The molecule has 0 saturated carbocycles. The Kier molecular flexibility index (Phi) is 3.29. The normalized spacial score (nSPS) is 13.4. The summed E-state index contributed by atoms with van der Waals surface area (Å²) in [6.45, 7) is 4.72. The molecule has 0 aliphatic rings. The molecule has 2 N–H and O–H groups in total. The molecular weight excluding hydrogens is 178 g/mol. The zero-order valence-electron chi connectivity index (χ0n) is 6.57. The first-order chi connectivity index (χ1) is 5.22. The maximum Gasteiger partial charge on any atom is 0.174 e. The van der Waals surface area contributed by atoms with Crippen molar-refractivity contribution in [2.24, 2.45) is 5.73 Å². The molecule has 0 bridgehead atoms. The molecule has 0 fully saturated rings. The lowest BCUT2D eigenvalue weighted by Crippen LogP contribution is -2.11. The quantitative estimate of drug-likeness (QED) is 0.728. The minimum Gasteiger partial charge on any atom is -0.329 e. The van der Waals surface area contributed by atoms with E-state index in [1.807, 2.05) is 6.92 Å². The van der Waals surface area contributed by atoms with Crippen molar-refractivity contribution >= 4 is 23.1 Å². The number of nitrogens with zero attached hydrogens (tertiary/aromatic N) is 2. The lowest BCUT2D eigenvalue weighted by molar-refractivity contribution is 0.936. The number of hydrogen-bond donors (Lipinski definition) is 1. The first kappa shape index (κ1) is 8.96. The molecule has 1 aromatic heterocycles. The molecule has 3 nitrogen and oxygen atoms in total. The summed E-state index contributed by atoms with van der Waals surface area (Å²) < 4.78 is 1.01. The Morgan fingerprint density at radius 3 is 2.82 bits per heavy atom. The Bertz CT molecular complexity index is 223. The van der Waals surface area contributed by atoms with Crippen LogP contribution in [0.25, 0.3) is 0 Å². The van der Waals surface area contributed by atoms with E-state index < -0.39 is 0 Å². The van der Waals surface area contributed by atoms with Gasteiger partial charge in [-0.1, -0.05) is 30.0 Å². The molecule has 11 heavy (non-hydrogen) atoms. The van der Waals surface area contributed by atoms with Gasteiger partial charge in [-0.25, -0.2) is 0 Å². The summed E-state index contributed by atoms with van der Waals surface area (Å²) in [5.74, 6) is 0. The molecule has 0 aliphatic heterocycles. The monoisotopic (exact) mass is 189 g/mol. The van der Waals surface area contributed by atoms with Gasteiger partial charge in [0, 0.05) is 11.8 Å². The van der Waals surface area contributed by atoms with Gasteiger partial charge in [-0.2, -0.15) is 0 Å². The molecular formula is C6H11N3S2. The van der Waals surface area contributed by atoms with Gasteiger partial charge in [0.25, 0.3) is 0 Å². The highest BCUT2D eigenvalue weighted by atomic mass is 32.2. The second kappa shape index (κ2) is 4.04. The number of aryl methyl sites for hydroxylation is 1. The van der Waals surface area contributed by atoms with Crippen LogP contribution < -0.4 is 5.73 Å². The Morgan fingerprint density at radius 2 is 2.36 bits per heavy atom. The van der Waals surface area contributed by atoms with Crippen LogP contribution in [0.4, 0.5) is 0 Å². The molecule has 1 rings (SSSR count). The van der Waals surface area contributed by atoms with Crippen molar-refractivity contribution in [1.82, 2.24) is 10.2 Å². The average molecular weight is 189 g/mol. The van der Waals surface area contributed by atoms with Gasteiger partial charge in [0.1, 0.15) is 5.01 Å². The molecule has 62 valence electrons. The largest absolute Gasteiger partial charge is 0.329 e. The standard InChI is InChI=1S/C6H11N3S2/c1-4(3-7)10-6-9-8-5(2)11-6/h4H,3,7H2,1-2H3/t4-/m0/s1. The number of hydrogen-bond acceptors (Lipinski definition) is 5. The van der Waals surface area contributed by atoms with Crippen LogP contribution in [-0.4, -0.2) is 22.0 Å². The molecule has 5 heteroatoms. The van der Waals surface area contributed by atoms with Gasteiger partial charge in [-0.05, 0) is 6.92 Å². The maximum atomic E-state index is 5.46. The van der Waals surface area contributed by atoms with Crippen molar-refractivity contribution in [2.75, 3.05) is 6.54 Å². The van der Waals surface area contributed by atoms with Gasteiger partial charge >= 0.3 is 0 Å². The highest BCUT2D eigenvalue weighted by molar-refractivity contribution is 8.01. The number of thioether (sulfide) groups is 1. The number of aromatic nitrogens is 2. The molecule has 0 aliphatic carbocycles. The van der Waals surface area contributed by atoms with Gasteiger partial charge in [-0.3, -0.25) is 0 Å². The average Bonchev–Trinajstić information content (AvgIpc) is 2.35. The third kappa shape index (κ3) is 2.76. The van der Waals surface area contributed by atoms with Gasteiger partial charge < -0.3 is 5.73 Å². The van der Waals surface area contributed by atoms with Crippen LogP contribution in [0.5, 0.6) is 0 Å². The Hall–Kier alpha value is -0.130. The minimum atomic E-state index is 0.433. The molecule has 0 radical (unpaired) electrons. The van der Waals surface area contributed by atoms with Crippen molar-refractivity contribution in [3.05, 3.63) is 5.01 Å². The van der Waals surface area contributed by atoms with Crippen LogP contribution >= 0.6 is 23.1 Å². The molecule has 0 unspecified atom stereocenters. The van der Waals surface area contributed by atoms with Crippen molar-refractivity contribution < 1.29 is 0 Å².